The van der Waals surface area contributed by atoms with Gasteiger partial charge in [-0.2, -0.15) is 0 Å². The van der Waals surface area contributed by atoms with E-state index >= 15 is 0 Å². The summed E-state index contributed by atoms with van der Waals surface area (Å²) in [6.45, 7) is 4.75. The Hall–Kier alpha value is -3.45. The summed E-state index contributed by atoms with van der Waals surface area (Å²) < 4.78 is 19.5. The first-order valence-corrected chi connectivity index (χ1v) is 12.1. The van der Waals surface area contributed by atoms with Crippen molar-refractivity contribution in [3.05, 3.63) is 101 Å². The molecule has 2 amide bonds. The van der Waals surface area contributed by atoms with Crippen molar-refractivity contribution >= 4 is 23.2 Å². The molecule has 0 saturated carbocycles. The number of carbonyl (C=O) groups is 2. The maximum Gasteiger partial charge on any atom is 0.242 e. The third kappa shape index (κ3) is 5.72. The Morgan fingerprint density at radius 2 is 2.00 bits per heavy atom. The molecule has 0 spiro atoms. The lowest BCUT2D eigenvalue weighted by Gasteiger charge is -2.37. The van der Waals surface area contributed by atoms with E-state index in [1.165, 1.54) is 21.9 Å². The first-order chi connectivity index (χ1) is 16.5. The highest BCUT2D eigenvalue weighted by Gasteiger charge is 2.33. The van der Waals surface area contributed by atoms with Crippen molar-refractivity contribution in [3.8, 4) is 5.75 Å². The molecule has 5 nitrogen and oxygen atoms in total. The second-order valence-corrected chi connectivity index (χ2v) is 9.15. The zero-order valence-corrected chi connectivity index (χ0v) is 19.7. The van der Waals surface area contributed by atoms with Crippen LogP contribution in [0.2, 0.25) is 0 Å². The molecule has 0 unspecified atom stereocenters. The standard InChI is InChI=1S/C27H27FN2O3S/c1-2-13-29(26(31)16-20-7-4-3-5-8-20)18-27(32)30-14-11-25-23(12-15-34-25)24(30)19-33-22-10-6-9-21(28)17-22/h2-10,12,15,17,24H,1,11,13-14,16,18-19H2/t24-/m1/s1. The number of halogens is 1. The van der Waals surface area contributed by atoms with Gasteiger partial charge in [-0.25, -0.2) is 4.39 Å². The Bertz CT molecular complexity index is 1150. The van der Waals surface area contributed by atoms with E-state index in [0.717, 1.165) is 17.5 Å². The van der Waals surface area contributed by atoms with Crippen LogP contribution in [0.25, 0.3) is 0 Å². The van der Waals surface area contributed by atoms with E-state index in [0.29, 0.717) is 18.8 Å². The van der Waals surface area contributed by atoms with Gasteiger partial charge < -0.3 is 14.5 Å². The largest absolute Gasteiger partial charge is 0.491 e. The summed E-state index contributed by atoms with van der Waals surface area (Å²) in [5.41, 5.74) is 1.95. The maximum atomic E-state index is 13.6. The Labute approximate surface area is 203 Å². The molecule has 0 N–H and O–H groups in total. The number of thiophene rings is 1. The van der Waals surface area contributed by atoms with E-state index in [1.807, 2.05) is 41.8 Å². The van der Waals surface area contributed by atoms with Gasteiger partial charge in [0.05, 0.1) is 12.5 Å². The van der Waals surface area contributed by atoms with E-state index in [1.54, 1.807) is 34.4 Å². The van der Waals surface area contributed by atoms with Gasteiger partial charge >= 0.3 is 0 Å². The van der Waals surface area contributed by atoms with Crippen LogP contribution in [0.15, 0.2) is 78.7 Å². The number of nitrogens with zero attached hydrogens (tertiary/aromatic N) is 2. The minimum Gasteiger partial charge on any atom is -0.491 e. The smallest absolute Gasteiger partial charge is 0.242 e. The van der Waals surface area contributed by atoms with Gasteiger partial charge in [0.2, 0.25) is 11.8 Å². The van der Waals surface area contributed by atoms with E-state index in [2.05, 4.69) is 6.58 Å². The van der Waals surface area contributed by atoms with Gasteiger partial charge in [-0.1, -0.05) is 42.5 Å². The average Bonchev–Trinajstić information content (AvgIpc) is 3.32. The SMILES string of the molecule is C=CCN(CC(=O)N1CCc2sccc2[C@H]1COc1cccc(F)c1)C(=O)Cc1ccccc1. The zero-order chi connectivity index (χ0) is 23.9. The Balaban J connectivity index is 1.48. The highest BCUT2D eigenvalue weighted by atomic mass is 32.1. The van der Waals surface area contributed by atoms with Crippen LogP contribution >= 0.6 is 11.3 Å². The summed E-state index contributed by atoms with van der Waals surface area (Å²) in [4.78, 5) is 30.9. The molecule has 1 aliphatic rings. The Kier molecular flexibility index (Phi) is 7.75. The number of hydrogen-bond donors (Lipinski definition) is 0. The Morgan fingerprint density at radius 3 is 2.76 bits per heavy atom. The van der Waals surface area contributed by atoms with Gasteiger partial charge in [0.25, 0.3) is 0 Å². The molecule has 4 rings (SSSR count). The van der Waals surface area contributed by atoms with Crippen LogP contribution in [-0.4, -0.2) is 47.9 Å². The third-order valence-electron chi connectivity index (χ3n) is 5.85. The van der Waals surface area contributed by atoms with E-state index in [-0.39, 0.29) is 43.2 Å². The van der Waals surface area contributed by atoms with Crippen molar-refractivity contribution in [1.82, 2.24) is 9.80 Å². The van der Waals surface area contributed by atoms with Crippen molar-refractivity contribution in [2.75, 3.05) is 26.2 Å². The molecule has 1 aromatic heterocycles. The second-order valence-electron chi connectivity index (χ2n) is 8.15. The lowest BCUT2D eigenvalue weighted by atomic mass is 10.0. The third-order valence-corrected chi connectivity index (χ3v) is 6.84. The highest BCUT2D eigenvalue weighted by Crippen LogP contribution is 2.34. The van der Waals surface area contributed by atoms with Gasteiger partial charge in [0.15, 0.2) is 0 Å². The van der Waals surface area contributed by atoms with Crippen molar-refractivity contribution in [3.63, 3.8) is 0 Å². The van der Waals surface area contributed by atoms with Crippen LogP contribution in [0.5, 0.6) is 5.75 Å². The number of hydrogen-bond acceptors (Lipinski definition) is 4. The quantitative estimate of drug-likeness (QED) is 0.421. The summed E-state index contributed by atoms with van der Waals surface area (Å²) >= 11 is 1.66. The molecular formula is C27H27FN2O3S. The minimum atomic E-state index is -0.373. The van der Waals surface area contributed by atoms with Gasteiger partial charge in [-0.15, -0.1) is 17.9 Å². The van der Waals surface area contributed by atoms with E-state index in [4.69, 9.17) is 4.74 Å². The van der Waals surface area contributed by atoms with Crippen LogP contribution in [0.1, 0.15) is 22.0 Å². The number of carbonyl (C=O) groups excluding carboxylic acids is 2. The number of benzene rings is 2. The van der Waals surface area contributed by atoms with Crippen molar-refractivity contribution in [2.24, 2.45) is 0 Å². The first-order valence-electron chi connectivity index (χ1n) is 11.2. The topological polar surface area (TPSA) is 49.9 Å². The highest BCUT2D eigenvalue weighted by molar-refractivity contribution is 7.10. The molecule has 2 aromatic carbocycles. The van der Waals surface area contributed by atoms with Crippen molar-refractivity contribution in [2.45, 2.75) is 18.9 Å². The predicted molar refractivity (Wildman–Crippen MR) is 131 cm³/mol. The normalized spacial score (nSPS) is 14.9. The number of rotatable bonds is 9. The molecule has 34 heavy (non-hydrogen) atoms. The molecule has 3 aromatic rings. The molecule has 1 aliphatic heterocycles. The van der Waals surface area contributed by atoms with Crippen LogP contribution < -0.4 is 4.74 Å². The average molecular weight is 479 g/mol. The van der Waals surface area contributed by atoms with Gasteiger partial charge in [0.1, 0.15) is 24.7 Å². The molecule has 7 heteroatoms. The van der Waals surface area contributed by atoms with Crippen molar-refractivity contribution < 1.29 is 18.7 Å². The van der Waals surface area contributed by atoms with E-state index < -0.39 is 0 Å². The van der Waals surface area contributed by atoms with Gasteiger partial charge in [-0.05, 0) is 41.1 Å². The minimum absolute atomic E-state index is 0.0341. The summed E-state index contributed by atoms with van der Waals surface area (Å²) in [5, 5.41) is 2.02. The van der Waals surface area contributed by atoms with Crippen LogP contribution in [0.3, 0.4) is 0 Å². The van der Waals surface area contributed by atoms with E-state index in [9.17, 15) is 14.0 Å². The zero-order valence-electron chi connectivity index (χ0n) is 18.9. The Morgan fingerprint density at radius 1 is 1.18 bits per heavy atom. The maximum absolute atomic E-state index is 13.6. The number of ether oxygens (including phenoxy) is 1. The van der Waals surface area contributed by atoms with Crippen LogP contribution in [0.4, 0.5) is 4.39 Å². The summed E-state index contributed by atoms with van der Waals surface area (Å²) in [6.07, 6.45) is 2.62. The molecule has 0 saturated heterocycles. The lowest BCUT2D eigenvalue weighted by molar-refractivity contribution is -0.142. The number of fused-ring (bicyclic) bond motifs is 1. The molecular weight excluding hydrogens is 451 g/mol. The fourth-order valence-electron chi connectivity index (χ4n) is 4.15. The van der Waals surface area contributed by atoms with Crippen LogP contribution in [-0.2, 0) is 22.4 Å². The molecule has 0 bridgehead atoms. The van der Waals surface area contributed by atoms with Crippen LogP contribution in [0, 0.1) is 5.82 Å². The first kappa shape index (κ1) is 23.7. The van der Waals surface area contributed by atoms with Gasteiger partial charge in [-0.3, -0.25) is 9.59 Å². The lowest BCUT2D eigenvalue weighted by Crippen LogP contribution is -2.48. The van der Waals surface area contributed by atoms with Crippen molar-refractivity contribution in [1.29, 1.82) is 0 Å². The summed E-state index contributed by atoms with van der Waals surface area (Å²) in [7, 11) is 0. The fourth-order valence-corrected chi connectivity index (χ4v) is 5.08. The molecule has 176 valence electrons. The fraction of sp³-hybridized carbons (Fsp3) is 0.259. The second kappa shape index (κ2) is 11.1. The molecule has 0 aliphatic carbocycles. The molecule has 1 atom stereocenters. The predicted octanol–water partition coefficient (Wildman–Crippen LogP) is 4.65. The summed E-state index contributed by atoms with van der Waals surface area (Å²) in [6, 6.07) is 17.2. The van der Waals surface area contributed by atoms with Gasteiger partial charge in [0, 0.05) is 24.0 Å². The number of amides is 2. The monoisotopic (exact) mass is 478 g/mol. The molecule has 2 heterocycles. The molecule has 0 fully saturated rings. The summed E-state index contributed by atoms with van der Waals surface area (Å²) in [5.74, 6) is -0.225. The molecule has 0 radical (unpaired) electrons.